The van der Waals surface area contributed by atoms with Gasteiger partial charge in [-0.3, -0.25) is 4.79 Å². The highest BCUT2D eigenvalue weighted by Gasteiger charge is 2.24. The minimum atomic E-state index is -0.236. The summed E-state index contributed by atoms with van der Waals surface area (Å²) in [7, 11) is 0. The second kappa shape index (κ2) is 6.20. The zero-order valence-corrected chi connectivity index (χ0v) is 12.5. The topological polar surface area (TPSA) is 52.9 Å². The van der Waals surface area contributed by atoms with Crippen LogP contribution in [0.1, 0.15) is 33.9 Å². The van der Waals surface area contributed by atoms with Crippen LogP contribution in [0.3, 0.4) is 0 Å². The number of fused-ring (bicyclic) bond motifs is 1. The molecule has 1 atom stereocenters. The predicted molar refractivity (Wildman–Crippen MR) is 83.1 cm³/mol. The minimum absolute atomic E-state index is 0.185. The second-order valence-electron chi connectivity index (χ2n) is 5.01. The van der Waals surface area contributed by atoms with Crippen LogP contribution >= 0.6 is 11.8 Å². The molecule has 3 rings (SSSR count). The van der Waals surface area contributed by atoms with Crippen LogP contribution in [0.15, 0.2) is 47.4 Å². The first kappa shape index (κ1) is 14.6. The molecule has 0 spiro atoms. The molecule has 110 valence electrons. The van der Waals surface area contributed by atoms with E-state index < -0.39 is 0 Å². The van der Waals surface area contributed by atoms with E-state index in [1.807, 2.05) is 12.1 Å². The summed E-state index contributed by atoms with van der Waals surface area (Å²) in [5.41, 5.74) is 1.84. The molecule has 2 aromatic rings. The molecule has 1 N–H and O–H groups in total. The van der Waals surface area contributed by atoms with Crippen LogP contribution in [0, 0.1) is 17.1 Å². The summed E-state index contributed by atoms with van der Waals surface area (Å²) in [6.07, 6.45) is 0.767. The number of benzene rings is 2. The highest BCUT2D eigenvalue weighted by Crippen LogP contribution is 2.37. The molecule has 1 aliphatic heterocycles. The lowest BCUT2D eigenvalue weighted by Gasteiger charge is -2.26. The van der Waals surface area contributed by atoms with E-state index in [2.05, 4.69) is 5.32 Å². The highest BCUT2D eigenvalue weighted by molar-refractivity contribution is 7.99. The number of rotatable bonds is 2. The van der Waals surface area contributed by atoms with Gasteiger partial charge in [0.25, 0.3) is 5.91 Å². The molecule has 3 nitrogen and oxygen atoms in total. The summed E-state index contributed by atoms with van der Waals surface area (Å²) in [5.74, 6) is 0.322. The largest absolute Gasteiger partial charge is 0.345 e. The smallest absolute Gasteiger partial charge is 0.251 e. The third-order valence-corrected chi connectivity index (χ3v) is 4.77. The molecule has 1 amide bonds. The summed E-state index contributed by atoms with van der Waals surface area (Å²) < 4.78 is 13.8. The van der Waals surface area contributed by atoms with E-state index in [-0.39, 0.29) is 17.8 Å². The number of nitrogens with one attached hydrogen (secondary N) is 1. The monoisotopic (exact) mass is 312 g/mol. The summed E-state index contributed by atoms with van der Waals surface area (Å²) in [6.45, 7) is 0. The number of carbonyl (C=O) groups is 1. The van der Waals surface area contributed by atoms with Crippen LogP contribution in [0.2, 0.25) is 0 Å². The van der Waals surface area contributed by atoms with E-state index in [1.165, 1.54) is 17.8 Å². The van der Waals surface area contributed by atoms with Gasteiger partial charge in [-0.15, -0.1) is 11.8 Å². The fraction of sp³-hybridized carbons (Fsp3) is 0.176. The number of halogens is 1. The Hall–Kier alpha value is -2.32. The standard InChI is InChI=1S/C17H13FN2OS/c18-14-3-1-2-13-15(8-9-22-16(13)14)20-17(21)12-6-4-11(10-19)5-7-12/h1-7,15H,8-9H2,(H,20,21)/t15-/m1/s1. The molecular formula is C17H13FN2OS. The molecule has 0 bridgehead atoms. The first-order valence-corrected chi connectivity index (χ1v) is 7.90. The van der Waals surface area contributed by atoms with Crippen molar-refractivity contribution in [1.29, 1.82) is 5.26 Å². The Morgan fingerprint density at radius 3 is 2.77 bits per heavy atom. The fourth-order valence-corrected chi connectivity index (χ4v) is 3.61. The molecule has 2 aromatic carbocycles. The van der Waals surface area contributed by atoms with Crippen molar-refractivity contribution in [2.24, 2.45) is 0 Å². The number of thioether (sulfide) groups is 1. The Balaban J connectivity index is 1.81. The molecular weight excluding hydrogens is 299 g/mol. The molecule has 22 heavy (non-hydrogen) atoms. The van der Waals surface area contributed by atoms with Crippen molar-refractivity contribution in [2.75, 3.05) is 5.75 Å². The van der Waals surface area contributed by atoms with Gasteiger partial charge in [0, 0.05) is 16.2 Å². The number of nitrogens with zero attached hydrogens (tertiary/aromatic N) is 1. The third-order valence-electron chi connectivity index (χ3n) is 3.61. The lowest BCUT2D eigenvalue weighted by atomic mass is 10.0. The van der Waals surface area contributed by atoms with Gasteiger partial charge in [0.1, 0.15) is 5.82 Å². The first-order chi connectivity index (χ1) is 10.7. The Bertz CT molecular complexity index is 752. The summed E-state index contributed by atoms with van der Waals surface area (Å²) >= 11 is 1.48. The molecule has 0 unspecified atom stereocenters. The van der Waals surface area contributed by atoms with E-state index in [4.69, 9.17) is 5.26 Å². The van der Waals surface area contributed by atoms with Gasteiger partial charge in [-0.05, 0) is 42.3 Å². The third kappa shape index (κ3) is 2.83. The normalized spacial score (nSPS) is 16.5. The molecule has 0 saturated carbocycles. The lowest BCUT2D eigenvalue weighted by Crippen LogP contribution is -2.30. The average molecular weight is 312 g/mol. The molecule has 0 aliphatic carbocycles. The highest BCUT2D eigenvalue weighted by atomic mass is 32.2. The molecule has 0 radical (unpaired) electrons. The van der Waals surface area contributed by atoms with Crippen LogP contribution in [0.5, 0.6) is 0 Å². The Morgan fingerprint density at radius 2 is 2.05 bits per heavy atom. The molecule has 1 aliphatic rings. The number of nitriles is 1. The van der Waals surface area contributed by atoms with Gasteiger partial charge in [-0.25, -0.2) is 4.39 Å². The molecule has 0 saturated heterocycles. The van der Waals surface area contributed by atoms with Gasteiger partial charge in [0.05, 0.1) is 17.7 Å². The van der Waals surface area contributed by atoms with Crippen molar-refractivity contribution < 1.29 is 9.18 Å². The maximum absolute atomic E-state index is 13.8. The van der Waals surface area contributed by atoms with Gasteiger partial charge in [0.15, 0.2) is 0 Å². The van der Waals surface area contributed by atoms with Crippen molar-refractivity contribution in [3.8, 4) is 6.07 Å². The van der Waals surface area contributed by atoms with E-state index in [0.29, 0.717) is 16.0 Å². The van der Waals surface area contributed by atoms with Gasteiger partial charge in [-0.2, -0.15) is 5.26 Å². The zero-order valence-electron chi connectivity index (χ0n) is 11.7. The van der Waals surface area contributed by atoms with E-state index in [1.54, 1.807) is 30.3 Å². The van der Waals surface area contributed by atoms with Crippen LogP contribution in [-0.2, 0) is 0 Å². The fourth-order valence-electron chi connectivity index (χ4n) is 2.47. The van der Waals surface area contributed by atoms with Crippen molar-refractivity contribution >= 4 is 17.7 Å². The second-order valence-corrected chi connectivity index (χ2v) is 6.12. The summed E-state index contributed by atoms with van der Waals surface area (Å²) in [5, 5.41) is 11.7. The lowest BCUT2D eigenvalue weighted by molar-refractivity contribution is 0.0935. The Kier molecular flexibility index (Phi) is 4.12. The van der Waals surface area contributed by atoms with Crippen LogP contribution in [-0.4, -0.2) is 11.7 Å². The van der Waals surface area contributed by atoms with Crippen molar-refractivity contribution in [3.63, 3.8) is 0 Å². The van der Waals surface area contributed by atoms with E-state index in [9.17, 15) is 9.18 Å². The van der Waals surface area contributed by atoms with Crippen molar-refractivity contribution in [1.82, 2.24) is 5.32 Å². The number of hydrogen-bond donors (Lipinski definition) is 1. The number of amides is 1. The quantitative estimate of drug-likeness (QED) is 0.920. The van der Waals surface area contributed by atoms with Crippen LogP contribution in [0.25, 0.3) is 0 Å². The van der Waals surface area contributed by atoms with E-state index >= 15 is 0 Å². The zero-order chi connectivity index (χ0) is 15.5. The summed E-state index contributed by atoms with van der Waals surface area (Å²) in [4.78, 5) is 12.9. The maximum Gasteiger partial charge on any atom is 0.251 e. The van der Waals surface area contributed by atoms with Crippen LogP contribution < -0.4 is 5.32 Å². The van der Waals surface area contributed by atoms with Gasteiger partial charge >= 0.3 is 0 Å². The predicted octanol–water partition coefficient (Wildman–Crippen LogP) is 3.66. The molecule has 5 heteroatoms. The molecule has 1 heterocycles. The molecule has 0 aromatic heterocycles. The Labute approximate surface area is 132 Å². The maximum atomic E-state index is 13.8. The van der Waals surface area contributed by atoms with Crippen LogP contribution in [0.4, 0.5) is 4.39 Å². The van der Waals surface area contributed by atoms with Crippen molar-refractivity contribution in [3.05, 3.63) is 65.0 Å². The van der Waals surface area contributed by atoms with E-state index in [0.717, 1.165) is 17.7 Å². The van der Waals surface area contributed by atoms with Crippen molar-refractivity contribution in [2.45, 2.75) is 17.4 Å². The average Bonchev–Trinajstić information content (AvgIpc) is 2.56. The molecule has 0 fully saturated rings. The first-order valence-electron chi connectivity index (χ1n) is 6.91. The van der Waals surface area contributed by atoms with Gasteiger partial charge in [0.2, 0.25) is 0 Å². The summed E-state index contributed by atoms with van der Waals surface area (Å²) in [6, 6.07) is 13.3. The number of carbonyl (C=O) groups excluding carboxylic acids is 1. The number of hydrogen-bond acceptors (Lipinski definition) is 3. The Morgan fingerprint density at radius 1 is 1.27 bits per heavy atom. The minimum Gasteiger partial charge on any atom is -0.345 e. The van der Waals surface area contributed by atoms with Gasteiger partial charge in [-0.1, -0.05) is 12.1 Å². The van der Waals surface area contributed by atoms with Gasteiger partial charge < -0.3 is 5.32 Å². The SMILES string of the molecule is N#Cc1ccc(C(=O)N[C@@H]2CCSc3c(F)cccc32)cc1.